The number of carboxylic acid groups (broad SMARTS) is 1. The summed E-state index contributed by atoms with van der Waals surface area (Å²) in [5.41, 5.74) is 0. The number of hydrogen-bond donors (Lipinski definition) is 1. The Balaban J connectivity index is 0. The van der Waals surface area contributed by atoms with E-state index in [1.807, 2.05) is 0 Å². The molecule has 115 valence electrons. The molecule has 0 heterocycles. The van der Waals surface area contributed by atoms with Gasteiger partial charge in [0.25, 0.3) is 0 Å². The molecule has 0 aliphatic rings. The van der Waals surface area contributed by atoms with Crippen molar-refractivity contribution in [1.29, 1.82) is 0 Å². The Morgan fingerprint density at radius 3 is 1.90 bits per heavy atom. The number of hydrogen-bond acceptors (Lipinski definition) is 1. The van der Waals surface area contributed by atoms with Gasteiger partial charge in [-0.15, -0.1) is 0 Å². The van der Waals surface area contributed by atoms with E-state index in [2.05, 4.69) is 43.4 Å². The van der Waals surface area contributed by atoms with Gasteiger partial charge >= 0.3 is 5.97 Å². The topological polar surface area (TPSA) is 37.3 Å². The van der Waals surface area contributed by atoms with Crippen molar-refractivity contribution in [3.8, 4) is 0 Å². The van der Waals surface area contributed by atoms with Gasteiger partial charge < -0.3 is 5.11 Å². The second-order valence-corrected chi connectivity index (χ2v) is 5.08. The Bertz CT molecular complexity index is 306. The van der Waals surface area contributed by atoms with E-state index < -0.39 is 5.97 Å². The average Bonchev–Trinajstić information content (AvgIpc) is 2.43. The molecule has 0 unspecified atom stereocenters. The van der Waals surface area contributed by atoms with Gasteiger partial charge in [-0.1, -0.05) is 75.5 Å². The van der Waals surface area contributed by atoms with Crippen LogP contribution in [-0.4, -0.2) is 40.6 Å². The molecule has 0 fully saturated rings. The van der Waals surface area contributed by atoms with Gasteiger partial charge in [0.1, 0.15) is 0 Å². The summed E-state index contributed by atoms with van der Waals surface area (Å²) in [6, 6.07) is 0. The first-order valence-electron chi connectivity index (χ1n) is 7.97. The number of aliphatic carboxylic acids is 1. The van der Waals surface area contributed by atoms with Crippen molar-refractivity contribution in [1.82, 2.24) is 0 Å². The minimum Gasteiger partial charge on any atom is -0.481 e. The van der Waals surface area contributed by atoms with Gasteiger partial charge in [0.15, 0.2) is 0 Å². The monoisotopic (exact) mass is 301 g/mol. The number of carbonyl (C=O) groups is 1. The Kier molecular flexibility index (Phi) is 21.5. The van der Waals surface area contributed by atoms with E-state index in [9.17, 15) is 4.79 Å². The Morgan fingerprint density at radius 1 is 0.810 bits per heavy atom. The van der Waals surface area contributed by atoms with E-state index in [0.717, 1.165) is 25.7 Å². The summed E-state index contributed by atoms with van der Waals surface area (Å²) < 4.78 is 0. The van der Waals surface area contributed by atoms with Crippen molar-refractivity contribution in [3.05, 3.63) is 36.5 Å². The summed E-state index contributed by atoms with van der Waals surface area (Å²) in [7, 11) is 0. The van der Waals surface area contributed by atoms with E-state index in [4.69, 9.17) is 5.11 Å². The molecule has 0 aliphatic heterocycles. The van der Waals surface area contributed by atoms with Gasteiger partial charge in [0.05, 0.1) is 0 Å². The minimum atomic E-state index is -0.677. The summed E-state index contributed by atoms with van der Waals surface area (Å²) in [5.74, 6) is -0.677. The Labute approximate surface area is 152 Å². The maximum atomic E-state index is 10.3. The molecular formula is C18H30NaO2. The molecule has 0 aromatic rings. The first kappa shape index (κ1) is 23.0. The van der Waals surface area contributed by atoms with Crippen LogP contribution in [0.4, 0.5) is 0 Å². The molecule has 0 saturated heterocycles. The molecule has 1 N–H and O–H groups in total. The number of rotatable bonds is 13. The van der Waals surface area contributed by atoms with Gasteiger partial charge in [-0.2, -0.15) is 0 Å². The first-order chi connectivity index (χ1) is 9.77. The molecule has 21 heavy (non-hydrogen) atoms. The van der Waals surface area contributed by atoms with Crippen molar-refractivity contribution in [3.63, 3.8) is 0 Å². The molecule has 0 amide bonds. The molecule has 0 atom stereocenters. The van der Waals surface area contributed by atoms with Crippen LogP contribution < -0.4 is 0 Å². The number of allylic oxidation sites excluding steroid dienone is 6. The predicted molar refractivity (Wildman–Crippen MR) is 92.7 cm³/mol. The molecule has 0 bridgehead atoms. The predicted octanol–water partition coefficient (Wildman–Crippen LogP) is 5.28. The van der Waals surface area contributed by atoms with Crippen molar-refractivity contribution in [2.45, 2.75) is 71.1 Å². The molecule has 0 rings (SSSR count). The van der Waals surface area contributed by atoms with E-state index in [1.165, 1.54) is 32.1 Å². The molecule has 0 spiro atoms. The van der Waals surface area contributed by atoms with Gasteiger partial charge in [0, 0.05) is 36.0 Å². The maximum Gasteiger partial charge on any atom is 0.303 e. The molecule has 2 nitrogen and oxygen atoms in total. The minimum absolute atomic E-state index is 0. The zero-order valence-electron chi connectivity index (χ0n) is 13.9. The van der Waals surface area contributed by atoms with Crippen LogP contribution in [0.2, 0.25) is 0 Å². The maximum absolute atomic E-state index is 10.3. The zero-order valence-corrected chi connectivity index (χ0v) is 15.9. The molecule has 0 aromatic carbocycles. The van der Waals surface area contributed by atoms with E-state index in [1.54, 1.807) is 0 Å². The van der Waals surface area contributed by atoms with Crippen LogP contribution in [0.1, 0.15) is 71.1 Å². The fraction of sp³-hybridized carbons (Fsp3) is 0.611. The van der Waals surface area contributed by atoms with Crippen LogP contribution in [0.3, 0.4) is 0 Å². The quantitative estimate of drug-likeness (QED) is 0.285. The van der Waals surface area contributed by atoms with Crippen LogP contribution >= 0.6 is 0 Å². The fourth-order valence-corrected chi connectivity index (χ4v) is 1.87. The molecule has 0 aromatic heterocycles. The van der Waals surface area contributed by atoms with Crippen molar-refractivity contribution >= 4 is 35.5 Å². The number of carboxylic acids is 1. The third-order valence-electron chi connectivity index (χ3n) is 3.09. The second-order valence-electron chi connectivity index (χ2n) is 5.08. The summed E-state index contributed by atoms with van der Waals surface area (Å²) in [5, 5.41) is 8.50. The van der Waals surface area contributed by atoms with Crippen LogP contribution in [0, 0.1) is 0 Å². The third kappa shape index (κ3) is 22.1. The van der Waals surface area contributed by atoms with E-state index >= 15 is 0 Å². The molecule has 0 aliphatic carbocycles. The van der Waals surface area contributed by atoms with Crippen molar-refractivity contribution in [2.24, 2.45) is 0 Å². The van der Waals surface area contributed by atoms with Gasteiger partial charge in [-0.3, -0.25) is 4.79 Å². The Hall–Kier alpha value is -0.310. The first-order valence-corrected chi connectivity index (χ1v) is 7.97. The van der Waals surface area contributed by atoms with Crippen LogP contribution in [-0.2, 0) is 4.79 Å². The van der Waals surface area contributed by atoms with Crippen LogP contribution in [0.15, 0.2) is 36.5 Å². The SMILES string of the molecule is CCCC/C=C/C=C/C=CCCCCCCCC(=O)O.[Na]. The smallest absolute Gasteiger partial charge is 0.303 e. The van der Waals surface area contributed by atoms with E-state index in [0.29, 0.717) is 6.42 Å². The third-order valence-corrected chi connectivity index (χ3v) is 3.09. The Morgan fingerprint density at radius 2 is 1.33 bits per heavy atom. The summed E-state index contributed by atoms with van der Waals surface area (Å²) in [6.07, 6.45) is 23.3. The van der Waals surface area contributed by atoms with Crippen LogP contribution in [0.25, 0.3) is 0 Å². The van der Waals surface area contributed by atoms with Gasteiger partial charge in [0.2, 0.25) is 0 Å². The average molecular weight is 301 g/mol. The fourth-order valence-electron chi connectivity index (χ4n) is 1.87. The second kappa shape index (κ2) is 19.7. The molecule has 0 saturated carbocycles. The van der Waals surface area contributed by atoms with Crippen LogP contribution in [0.5, 0.6) is 0 Å². The van der Waals surface area contributed by atoms with Gasteiger partial charge in [-0.05, 0) is 25.7 Å². The summed E-state index contributed by atoms with van der Waals surface area (Å²) in [6.45, 7) is 2.21. The van der Waals surface area contributed by atoms with Crippen molar-refractivity contribution in [2.75, 3.05) is 0 Å². The standard InChI is InChI=1S/C18H30O2.Na/c1-2-3-4-5-6-7-8-9-10-11-12-13-14-15-16-17-18(19)20;/h5-10H,2-4,11-17H2,1H3,(H,19,20);/b6-5+,8-7+,10-9?;. The molecule has 1 radical (unpaired) electrons. The zero-order chi connectivity index (χ0) is 14.9. The molecule has 3 heteroatoms. The summed E-state index contributed by atoms with van der Waals surface area (Å²) >= 11 is 0. The molecular weight excluding hydrogens is 271 g/mol. The largest absolute Gasteiger partial charge is 0.481 e. The number of unbranched alkanes of at least 4 members (excludes halogenated alkanes) is 7. The van der Waals surface area contributed by atoms with Gasteiger partial charge in [-0.25, -0.2) is 0 Å². The van der Waals surface area contributed by atoms with Crippen molar-refractivity contribution < 1.29 is 9.90 Å². The summed E-state index contributed by atoms with van der Waals surface area (Å²) in [4.78, 5) is 10.3. The normalized spacial score (nSPS) is 11.5. The van der Waals surface area contributed by atoms with E-state index in [-0.39, 0.29) is 29.6 Å².